The molecule has 0 spiro atoms. The van der Waals surface area contributed by atoms with Gasteiger partial charge in [0.1, 0.15) is 23.0 Å². The molecule has 0 radical (unpaired) electrons. The molecule has 0 aliphatic heterocycles. The number of halogens is 9. The average Bonchev–Trinajstić information content (AvgIpc) is 2.68. The van der Waals surface area contributed by atoms with E-state index in [4.69, 9.17) is 0 Å². The molecule has 1 aromatic carbocycles. The van der Waals surface area contributed by atoms with Crippen molar-refractivity contribution in [1.29, 1.82) is 0 Å². The molecule has 2 unspecified atom stereocenters. The molecular formula is C19H19F9O8S. The van der Waals surface area contributed by atoms with E-state index in [1.807, 2.05) is 0 Å². The summed E-state index contributed by atoms with van der Waals surface area (Å²) in [6, 6.07) is 0.469. The molecule has 1 aromatic rings. The Morgan fingerprint density at radius 3 is 1.76 bits per heavy atom. The SMILES string of the molecule is CC(CC(C(F)(F)F)C(F)(F)F)OC(=O)c1cc(S(=O)(=O)O)cc(C(=O)OCCC(C)C(F)(F)F)c1O. The quantitative estimate of drug-likeness (QED) is 0.237. The van der Waals surface area contributed by atoms with Crippen molar-refractivity contribution in [2.75, 3.05) is 6.61 Å². The van der Waals surface area contributed by atoms with Crippen LogP contribution in [0.15, 0.2) is 17.0 Å². The van der Waals surface area contributed by atoms with E-state index in [1.165, 1.54) is 0 Å². The lowest BCUT2D eigenvalue weighted by molar-refractivity contribution is -0.289. The van der Waals surface area contributed by atoms with Crippen molar-refractivity contribution in [3.63, 3.8) is 0 Å². The maximum absolute atomic E-state index is 12.7. The van der Waals surface area contributed by atoms with Crippen LogP contribution in [0.1, 0.15) is 47.4 Å². The van der Waals surface area contributed by atoms with Crippen molar-refractivity contribution in [3.8, 4) is 5.75 Å². The Labute approximate surface area is 203 Å². The highest BCUT2D eigenvalue weighted by Gasteiger charge is 2.57. The molecule has 0 fully saturated rings. The van der Waals surface area contributed by atoms with Gasteiger partial charge in [-0.1, -0.05) is 6.92 Å². The van der Waals surface area contributed by atoms with Gasteiger partial charge in [-0.25, -0.2) is 9.59 Å². The summed E-state index contributed by atoms with van der Waals surface area (Å²) in [5, 5.41) is 10.2. The van der Waals surface area contributed by atoms with Crippen LogP contribution in [-0.2, 0) is 19.6 Å². The van der Waals surface area contributed by atoms with Crippen LogP contribution in [0.3, 0.4) is 0 Å². The number of hydrogen-bond acceptors (Lipinski definition) is 7. The van der Waals surface area contributed by atoms with Gasteiger partial charge in [-0.05, 0) is 25.5 Å². The normalized spacial score (nSPS) is 14.8. The minimum absolute atomic E-state index is 0.202. The number of rotatable bonds is 9. The summed E-state index contributed by atoms with van der Waals surface area (Å²) in [5.74, 6) is -10.8. The smallest absolute Gasteiger partial charge is 0.400 e. The zero-order valence-corrected chi connectivity index (χ0v) is 19.5. The van der Waals surface area contributed by atoms with Gasteiger partial charge in [0.05, 0.1) is 17.4 Å². The van der Waals surface area contributed by atoms with Crippen LogP contribution in [0.25, 0.3) is 0 Å². The van der Waals surface area contributed by atoms with Gasteiger partial charge in [-0.3, -0.25) is 4.55 Å². The number of aromatic hydroxyl groups is 1. The predicted octanol–water partition coefficient (Wildman–Crippen LogP) is 5.06. The molecule has 212 valence electrons. The van der Waals surface area contributed by atoms with Crippen molar-refractivity contribution < 1.29 is 76.7 Å². The van der Waals surface area contributed by atoms with E-state index >= 15 is 0 Å². The van der Waals surface area contributed by atoms with Gasteiger partial charge in [0.25, 0.3) is 10.1 Å². The fourth-order valence-corrected chi connectivity index (χ4v) is 3.25. The summed E-state index contributed by atoms with van der Waals surface area (Å²) < 4.78 is 155. The second-order valence-electron chi connectivity index (χ2n) is 7.80. The predicted molar refractivity (Wildman–Crippen MR) is 103 cm³/mol. The van der Waals surface area contributed by atoms with Crippen molar-refractivity contribution in [2.45, 2.75) is 56.2 Å². The van der Waals surface area contributed by atoms with Gasteiger partial charge in [-0.15, -0.1) is 0 Å². The molecule has 0 aliphatic carbocycles. The number of phenols is 1. The van der Waals surface area contributed by atoms with E-state index in [-0.39, 0.29) is 12.1 Å². The van der Waals surface area contributed by atoms with Crippen molar-refractivity contribution >= 4 is 22.1 Å². The molecule has 0 saturated heterocycles. The molecule has 0 amide bonds. The van der Waals surface area contributed by atoms with Crippen molar-refractivity contribution in [3.05, 3.63) is 23.3 Å². The summed E-state index contributed by atoms with van der Waals surface area (Å²) in [6.45, 7) is 0.479. The maximum Gasteiger partial charge on any atom is 0.400 e. The Bertz CT molecular complexity index is 1080. The number of benzene rings is 1. The molecule has 18 heteroatoms. The van der Waals surface area contributed by atoms with Crippen LogP contribution in [0.4, 0.5) is 39.5 Å². The number of hydrogen-bond donors (Lipinski definition) is 2. The topological polar surface area (TPSA) is 127 Å². The van der Waals surface area contributed by atoms with Gasteiger partial charge in [0.15, 0.2) is 5.92 Å². The van der Waals surface area contributed by atoms with E-state index in [9.17, 15) is 67.2 Å². The highest BCUT2D eigenvalue weighted by molar-refractivity contribution is 7.85. The highest BCUT2D eigenvalue weighted by atomic mass is 32.2. The Balaban J connectivity index is 3.25. The van der Waals surface area contributed by atoms with Gasteiger partial charge >= 0.3 is 30.5 Å². The van der Waals surface area contributed by atoms with Crippen LogP contribution in [0.5, 0.6) is 5.75 Å². The average molecular weight is 578 g/mol. The van der Waals surface area contributed by atoms with Gasteiger partial charge in [-0.2, -0.15) is 47.9 Å². The fraction of sp³-hybridized carbons (Fsp3) is 0.579. The molecule has 37 heavy (non-hydrogen) atoms. The number of carbonyl (C=O) groups excluding carboxylic acids is 2. The first-order chi connectivity index (χ1) is 16.5. The second-order valence-corrected chi connectivity index (χ2v) is 9.22. The van der Waals surface area contributed by atoms with Crippen molar-refractivity contribution in [1.82, 2.24) is 0 Å². The first kappa shape index (κ1) is 32.3. The lowest BCUT2D eigenvalue weighted by atomic mass is 10.0. The molecule has 0 bridgehead atoms. The lowest BCUT2D eigenvalue weighted by Gasteiger charge is -2.25. The molecule has 0 aliphatic rings. The van der Waals surface area contributed by atoms with Gasteiger partial charge in [0.2, 0.25) is 0 Å². The maximum atomic E-state index is 12.7. The molecule has 8 nitrogen and oxygen atoms in total. The first-order valence-corrected chi connectivity index (χ1v) is 11.3. The summed E-state index contributed by atoms with van der Waals surface area (Å²) in [4.78, 5) is 23.3. The molecule has 2 N–H and O–H groups in total. The minimum atomic E-state index is -5.77. The summed E-state index contributed by atoms with van der Waals surface area (Å²) >= 11 is 0. The third-order valence-electron chi connectivity index (χ3n) is 4.83. The summed E-state index contributed by atoms with van der Waals surface area (Å²) in [5.41, 5.74) is -2.47. The molecule has 0 aromatic heterocycles. The molecule has 0 heterocycles. The second kappa shape index (κ2) is 11.3. The third-order valence-corrected chi connectivity index (χ3v) is 5.66. The van der Waals surface area contributed by atoms with Crippen LogP contribution < -0.4 is 0 Å². The van der Waals surface area contributed by atoms with Gasteiger partial charge < -0.3 is 14.6 Å². The number of esters is 2. The highest BCUT2D eigenvalue weighted by Crippen LogP contribution is 2.42. The van der Waals surface area contributed by atoms with Crippen LogP contribution in [0.2, 0.25) is 0 Å². The Hall–Kier alpha value is -2.76. The van der Waals surface area contributed by atoms with E-state index in [0.717, 1.165) is 6.92 Å². The lowest BCUT2D eigenvalue weighted by Crippen LogP contribution is -2.39. The van der Waals surface area contributed by atoms with E-state index in [0.29, 0.717) is 6.92 Å². The zero-order chi connectivity index (χ0) is 29.1. The standard InChI is InChI=1S/C19H19F9O8S/c1-8(17(20,21)22)3-4-35-15(30)11-6-10(37(32,33)34)7-12(14(11)29)16(31)36-9(2)5-13(18(23,24)25)19(26,27)28/h6-9,13,29H,3-5H2,1-2H3,(H,32,33,34). The summed E-state index contributed by atoms with van der Waals surface area (Å²) in [7, 11) is -5.24. The van der Waals surface area contributed by atoms with E-state index < -0.39 is 99.7 Å². The largest absolute Gasteiger partial charge is 0.506 e. The number of ether oxygens (including phenoxy) is 2. The Morgan fingerprint density at radius 1 is 0.892 bits per heavy atom. The van der Waals surface area contributed by atoms with E-state index in [2.05, 4.69) is 9.47 Å². The zero-order valence-electron chi connectivity index (χ0n) is 18.7. The van der Waals surface area contributed by atoms with Crippen LogP contribution >= 0.6 is 0 Å². The monoisotopic (exact) mass is 578 g/mol. The summed E-state index contributed by atoms with van der Waals surface area (Å²) in [6.07, 6.45) is -20.9. The number of carbonyl (C=O) groups is 2. The molecule has 1 rings (SSSR count). The molecule has 0 saturated carbocycles. The minimum Gasteiger partial charge on any atom is -0.506 e. The number of phenolic OH excluding ortho intramolecular Hbond substituents is 1. The third kappa shape index (κ3) is 9.24. The Kier molecular flexibility index (Phi) is 9.87. The van der Waals surface area contributed by atoms with Crippen LogP contribution in [-0.4, -0.2) is 61.3 Å². The van der Waals surface area contributed by atoms with Crippen LogP contribution in [0, 0.1) is 11.8 Å². The van der Waals surface area contributed by atoms with E-state index in [1.54, 1.807) is 0 Å². The molecule has 2 atom stereocenters. The Morgan fingerprint density at radius 2 is 1.35 bits per heavy atom. The number of alkyl halides is 9. The van der Waals surface area contributed by atoms with Crippen molar-refractivity contribution in [2.24, 2.45) is 11.8 Å². The molecular weight excluding hydrogens is 559 g/mol. The van der Waals surface area contributed by atoms with Gasteiger partial charge in [0, 0.05) is 6.42 Å². The first-order valence-electron chi connectivity index (χ1n) is 9.89. The fourth-order valence-electron chi connectivity index (χ4n) is 2.72.